The molecule has 2 rings (SSSR count). The van der Waals surface area contributed by atoms with Crippen molar-refractivity contribution >= 4 is 0 Å². The van der Waals surface area contributed by atoms with Crippen LogP contribution in [0.2, 0.25) is 0 Å². The zero-order valence-electron chi connectivity index (χ0n) is 11.5. The Hall–Kier alpha value is -0.900. The summed E-state index contributed by atoms with van der Waals surface area (Å²) in [6.45, 7) is 7.21. The van der Waals surface area contributed by atoms with Gasteiger partial charge < -0.3 is 10.0 Å². The van der Waals surface area contributed by atoms with E-state index in [1.54, 1.807) is 0 Å². The van der Waals surface area contributed by atoms with Crippen LogP contribution in [0.1, 0.15) is 24.2 Å². The van der Waals surface area contributed by atoms with Crippen molar-refractivity contribution in [2.75, 3.05) is 39.8 Å². The Morgan fingerprint density at radius 1 is 1.11 bits per heavy atom. The van der Waals surface area contributed by atoms with E-state index >= 15 is 0 Å². The molecule has 1 aromatic rings. The van der Waals surface area contributed by atoms with E-state index < -0.39 is 0 Å². The number of benzene rings is 1. The first kappa shape index (κ1) is 13.5. The van der Waals surface area contributed by atoms with E-state index in [4.69, 9.17) is 0 Å². The van der Waals surface area contributed by atoms with Crippen LogP contribution in [-0.2, 0) is 6.42 Å². The zero-order valence-corrected chi connectivity index (χ0v) is 11.5. The maximum atomic E-state index is 10.2. The molecule has 1 aliphatic rings. The minimum atomic E-state index is -0.362. The molecule has 0 saturated carbocycles. The molecule has 0 radical (unpaired) electrons. The Balaban J connectivity index is 1.88. The summed E-state index contributed by atoms with van der Waals surface area (Å²) >= 11 is 0. The van der Waals surface area contributed by atoms with Crippen molar-refractivity contribution in [3.05, 3.63) is 35.4 Å². The third-order valence-electron chi connectivity index (χ3n) is 3.80. The summed E-state index contributed by atoms with van der Waals surface area (Å²) in [5, 5.41) is 10.2. The van der Waals surface area contributed by atoms with E-state index in [-0.39, 0.29) is 6.10 Å². The Morgan fingerprint density at radius 2 is 1.72 bits per heavy atom. The molecule has 100 valence electrons. The summed E-state index contributed by atoms with van der Waals surface area (Å²) in [6.07, 6.45) is 0.689. The van der Waals surface area contributed by atoms with Gasteiger partial charge in [-0.25, -0.2) is 0 Å². The quantitative estimate of drug-likeness (QED) is 0.875. The molecule has 1 N–H and O–H groups in total. The van der Waals surface area contributed by atoms with Crippen molar-refractivity contribution in [2.24, 2.45) is 0 Å². The molecule has 1 saturated heterocycles. The second-order valence-corrected chi connectivity index (χ2v) is 5.21. The Bertz CT molecular complexity index is 355. The van der Waals surface area contributed by atoms with Crippen molar-refractivity contribution in [1.82, 2.24) is 9.80 Å². The Morgan fingerprint density at radius 3 is 2.28 bits per heavy atom. The van der Waals surface area contributed by atoms with Crippen molar-refractivity contribution < 1.29 is 5.11 Å². The van der Waals surface area contributed by atoms with Gasteiger partial charge in [0.05, 0.1) is 6.10 Å². The molecule has 1 atom stereocenters. The SMILES string of the molecule is CCc1ccc([C@H](O)CN2CCN(C)CC2)cc1. The number of likely N-dealkylation sites (N-methyl/N-ethyl adjacent to an activating group) is 1. The minimum Gasteiger partial charge on any atom is -0.387 e. The number of hydrogen-bond donors (Lipinski definition) is 1. The summed E-state index contributed by atoms with van der Waals surface area (Å²) in [7, 11) is 2.15. The first-order valence-electron chi connectivity index (χ1n) is 6.87. The molecule has 18 heavy (non-hydrogen) atoms. The molecule has 1 heterocycles. The summed E-state index contributed by atoms with van der Waals surface area (Å²) in [4.78, 5) is 4.68. The van der Waals surface area contributed by atoms with Crippen LogP contribution in [0.5, 0.6) is 0 Å². The number of aliphatic hydroxyl groups is 1. The van der Waals surface area contributed by atoms with Crippen LogP contribution in [-0.4, -0.2) is 54.7 Å². The highest BCUT2D eigenvalue weighted by Crippen LogP contribution is 2.16. The maximum absolute atomic E-state index is 10.2. The van der Waals surface area contributed by atoms with Gasteiger partial charge in [0, 0.05) is 32.7 Å². The van der Waals surface area contributed by atoms with Gasteiger partial charge in [0.2, 0.25) is 0 Å². The highest BCUT2D eigenvalue weighted by Gasteiger charge is 2.17. The van der Waals surface area contributed by atoms with Crippen LogP contribution in [0.15, 0.2) is 24.3 Å². The highest BCUT2D eigenvalue weighted by molar-refractivity contribution is 5.24. The van der Waals surface area contributed by atoms with E-state index in [0.29, 0.717) is 0 Å². The van der Waals surface area contributed by atoms with Gasteiger partial charge in [-0.2, -0.15) is 0 Å². The van der Waals surface area contributed by atoms with Crippen molar-refractivity contribution in [3.8, 4) is 0 Å². The van der Waals surface area contributed by atoms with Gasteiger partial charge in [0.25, 0.3) is 0 Å². The molecular weight excluding hydrogens is 224 g/mol. The summed E-state index contributed by atoms with van der Waals surface area (Å²) in [5.41, 5.74) is 2.36. The Labute approximate surface area is 110 Å². The van der Waals surface area contributed by atoms with Crippen molar-refractivity contribution in [3.63, 3.8) is 0 Å². The molecule has 3 nitrogen and oxygen atoms in total. The predicted octanol–water partition coefficient (Wildman–Crippen LogP) is 1.53. The third-order valence-corrected chi connectivity index (χ3v) is 3.80. The number of piperazine rings is 1. The largest absolute Gasteiger partial charge is 0.387 e. The molecule has 0 aromatic heterocycles. The van der Waals surface area contributed by atoms with E-state index in [1.165, 1.54) is 5.56 Å². The van der Waals surface area contributed by atoms with Gasteiger partial charge in [-0.05, 0) is 24.6 Å². The lowest BCUT2D eigenvalue weighted by Crippen LogP contribution is -2.45. The number of hydrogen-bond acceptors (Lipinski definition) is 3. The lowest BCUT2D eigenvalue weighted by Gasteiger charge is -2.33. The molecule has 0 unspecified atom stereocenters. The fourth-order valence-corrected chi connectivity index (χ4v) is 2.36. The molecular formula is C15H24N2O. The number of aliphatic hydroxyl groups excluding tert-OH is 1. The second kappa shape index (κ2) is 6.32. The average molecular weight is 248 g/mol. The van der Waals surface area contributed by atoms with Gasteiger partial charge in [0.1, 0.15) is 0 Å². The average Bonchev–Trinajstić information content (AvgIpc) is 2.41. The van der Waals surface area contributed by atoms with E-state index in [0.717, 1.165) is 44.7 Å². The molecule has 0 spiro atoms. The summed E-state index contributed by atoms with van der Waals surface area (Å²) in [6, 6.07) is 8.34. The summed E-state index contributed by atoms with van der Waals surface area (Å²) < 4.78 is 0. The van der Waals surface area contributed by atoms with E-state index in [2.05, 4.69) is 48.0 Å². The smallest absolute Gasteiger partial charge is 0.0916 e. The standard InChI is InChI=1S/C15H24N2O/c1-3-13-4-6-14(7-5-13)15(18)12-17-10-8-16(2)9-11-17/h4-7,15,18H,3,8-12H2,1-2H3/t15-/m1/s1. The van der Waals surface area contributed by atoms with Crippen molar-refractivity contribution in [1.29, 1.82) is 0 Å². The normalized spacial score (nSPS) is 19.9. The molecule has 0 amide bonds. The van der Waals surface area contributed by atoms with Crippen LogP contribution >= 0.6 is 0 Å². The number of β-amino-alcohol motifs (C(OH)–C–C–N with tert-alkyl or cyclic N) is 1. The van der Waals surface area contributed by atoms with Gasteiger partial charge in [-0.3, -0.25) is 4.90 Å². The topological polar surface area (TPSA) is 26.7 Å². The van der Waals surface area contributed by atoms with Gasteiger partial charge in [-0.1, -0.05) is 31.2 Å². The second-order valence-electron chi connectivity index (χ2n) is 5.21. The molecule has 3 heteroatoms. The number of rotatable bonds is 4. The maximum Gasteiger partial charge on any atom is 0.0916 e. The van der Waals surface area contributed by atoms with Gasteiger partial charge >= 0.3 is 0 Å². The molecule has 0 bridgehead atoms. The van der Waals surface area contributed by atoms with Gasteiger partial charge in [0.15, 0.2) is 0 Å². The predicted molar refractivity (Wildman–Crippen MR) is 74.7 cm³/mol. The zero-order chi connectivity index (χ0) is 13.0. The van der Waals surface area contributed by atoms with Crippen LogP contribution < -0.4 is 0 Å². The first-order valence-corrected chi connectivity index (χ1v) is 6.87. The molecule has 1 fully saturated rings. The van der Waals surface area contributed by atoms with E-state index in [1.807, 2.05) is 0 Å². The Kier molecular flexibility index (Phi) is 4.75. The van der Waals surface area contributed by atoms with Crippen LogP contribution in [0.4, 0.5) is 0 Å². The van der Waals surface area contributed by atoms with Crippen LogP contribution in [0, 0.1) is 0 Å². The lowest BCUT2D eigenvalue weighted by molar-refractivity contribution is 0.0805. The first-order chi connectivity index (χ1) is 8.69. The van der Waals surface area contributed by atoms with E-state index in [9.17, 15) is 5.11 Å². The number of nitrogens with zero attached hydrogens (tertiary/aromatic N) is 2. The fourth-order valence-electron chi connectivity index (χ4n) is 2.36. The third kappa shape index (κ3) is 3.55. The highest BCUT2D eigenvalue weighted by atomic mass is 16.3. The molecule has 1 aliphatic heterocycles. The van der Waals surface area contributed by atoms with Gasteiger partial charge in [-0.15, -0.1) is 0 Å². The lowest BCUT2D eigenvalue weighted by atomic mass is 10.1. The summed E-state index contributed by atoms with van der Waals surface area (Å²) in [5.74, 6) is 0. The van der Waals surface area contributed by atoms with Crippen molar-refractivity contribution in [2.45, 2.75) is 19.4 Å². The van der Waals surface area contributed by atoms with Crippen LogP contribution in [0.3, 0.4) is 0 Å². The van der Waals surface area contributed by atoms with Crippen LogP contribution in [0.25, 0.3) is 0 Å². The molecule has 1 aromatic carbocycles. The monoisotopic (exact) mass is 248 g/mol. The minimum absolute atomic E-state index is 0.362. The fraction of sp³-hybridized carbons (Fsp3) is 0.600. The molecule has 0 aliphatic carbocycles. The number of aryl methyl sites for hydroxylation is 1.